The minimum absolute atomic E-state index is 0.0491. The third-order valence-electron chi connectivity index (χ3n) is 4.98. The zero-order chi connectivity index (χ0) is 17.6. The molecule has 0 aromatic heterocycles. The SMILES string of the molecule is CC1(C)OC2CC(=O)O[C@H](C(O)CO[Si](C)(C)C(C)(C)C)C2O1. The first-order chi connectivity index (χ1) is 10.3. The van der Waals surface area contributed by atoms with Crippen molar-refractivity contribution in [2.45, 2.75) is 89.4 Å². The molecule has 7 heteroatoms. The van der Waals surface area contributed by atoms with Gasteiger partial charge >= 0.3 is 5.97 Å². The van der Waals surface area contributed by atoms with Crippen LogP contribution in [0.3, 0.4) is 0 Å². The molecule has 6 nitrogen and oxygen atoms in total. The Morgan fingerprint density at radius 1 is 1.35 bits per heavy atom. The summed E-state index contributed by atoms with van der Waals surface area (Å²) < 4.78 is 23.0. The van der Waals surface area contributed by atoms with E-state index in [2.05, 4.69) is 33.9 Å². The van der Waals surface area contributed by atoms with Crippen LogP contribution in [-0.4, -0.2) is 56.2 Å². The molecular formula is C16H30O6Si. The van der Waals surface area contributed by atoms with E-state index in [1.165, 1.54) is 0 Å². The number of carbonyl (C=O) groups excluding carboxylic acids is 1. The number of cyclic esters (lactones) is 1. The second-order valence-electron chi connectivity index (χ2n) is 8.44. The topological polar surface area (TPSA) is 74.2 Å². The summed E-state index contributed by atoms with van der Waals surface area (Å²) in [6, 6.07) is 0. The number of hydrogen-bond donors (Lipinski definition) is 1. The van der Waals surface area contributed by atoms with Crippen LogP contribution < -0.4 is 0 Å². The third kappa shape index (κ3) is 4.14. The van der Waals surface area contributed by atoms with Gasteiger partial charge in [0.2, 0.25) is 0 Å². The predicted octanol–water partition coefficient (Wildman–Crippen LogP) is 2.20. The van der Waals surface area contributed by atoms with E-state index in [1.54, 1.807) is 13.8 Å². The van der Waals surface area contributed by atoms with Gasteiger partial charge in [-0.3, -0.25) is 4.79 Å². The van der Waals surface area contributed by atoms with Crippen LogP contribution in [0.25, 0.3) is 0 Å². The minimum atomic E-state index is -1.98. The smallest absolute Gasteiger partial charge is 0.309 e. The molecule has 2 aliphatic heterocycles. The van der Waals surface area contributed by atoms with Gasteiger partial charge in [0.15, 0.2) is 20.2 Å². The molecule has 0 aliphatic carbocycles. The maximum absolute atomic E-state index is 11.8. The van der Waals surface area contributed by atoms with Crippen LogP contribution in [0.2, 0.25) is 18.1 Å². The van der Waals surface area contributed by atoms with Crippen molar-refractivity contribution in [2.24, 2.45) is 0 Å². The Bertz CT molecular complexity index is 456. The fourth-order valence-electron chi connectivity index (χ4n) is 2.63. The molecule has 0 radical (unpaired) electrons. The van der Waals surface area contributed by atoms with Gasteiger partial charge in [0.1, 0.15) is 18.3 Å². The van der Waals surface area contributed by atoms with Crippen molar-refractivity contribution in [1.82, 2.24) is 0 Å². The third-order valence-corrected chi connectivity index (χ3v) is 9.48. The fraction of sp³-hybridized carbons (Fsp3) is 0.938. The lowest BCUT2D eigenvalue weighted by Gasteiger charge is -2.39. The van der Waals surface area contributed by atoms with Gasteiger partial charge in [-0.2, -0.15) is 0 Å². The van der Waals surface area contributed by atoms with Crippen molar-refractivity contribution in [2.75, 3.05) is 6.61 Å². The molecular weight excluding hydrogens is 316 g/mol. The molecule has 0 spiro atoms. The molecule has 0 saturated carbocycles. The monoisotopic (exact) mass is 346 g/mol. The maximum atomic E-state index is 11.8. The van der Waals surface area contributed by atoms with E-state index in [4.69, 9.17) is 18.6 Å². The molecule has 0 amide bonds. The molecule has 23 heavy (non-hydrogen) atoms. The number of rotatable bonds is 4. The molecule has 2 saturated heterocycles. The molecule has 4 atom stereocenters. The van der Waals surface area contributed by atoms with E-state index >= 15 is 0 Å². The van der Waals surface area contributed by atoms with Gasteiger partial charge in [-0.1, -0.05) is 20.8 Å². The Morgan fingerprint density at radius 3 is 2.52 bits per heavy atom. The van der Waals surface area contributed by atoms with Crippen LogP contribution in [0.4, 0.5) is 0 Å². The summed E-state index contributed by atoms with van der Waals surface area (Å²) in [5, 5.41) is 10.6. The van der Waals surface area contributed by atoms with E-state index in [0.29, 0.717) is 0 Å². The highest BCUT2D eigenvalue weighted by atomic mass is 28.4. The summed E-state index contributed by atoms with van der Waals surface area (Å²) >= 11 is 0. The summed E-state index contributed by atoms with van der Waals surface area (Å²) in [6.07, 6.45) is -2.37. The van der Waals surface area contributed by atoms with Crippen LogP contribution in [0.1, 0.15) is 41.0 Å². The number of carbonyl (C=O) groups is 1. The first-order valence-electron chi connectivity index (χ1n) is 8.19. The van der Waals surface area contributed by atoms with Gasteiger partial charge < -0.3 is 23.7 Å². The van der Waals surface area contributed by atoms with Crippen molar-refractivity contribution in [1.29, 1.82) is 0 Å². The van der Waals surface area contributed by atoms with Crippen molar-refractivity contribution in [3.63, 3.8) is 0 Å². The fourth-order valence-corrected chi connectivity index (χ4v) is 3.65. The van der Waals surface area contributed by atoms with Crippen LogP contribution in [0, 0.1) is 0 Å². The number of hydrogen-bond acceptors (Lipinski definition) is 6. The van der Waals surface area contributed by atoms with Gasteiger partial charge in [-0.25, -0.2) is 0 Å². The zero-order valence-electron chi connectivity index (χ0n) is 15.2. The lowest BCUT2D eigenvalue weighted by atomic mass is 9.98. The molecule has 2 fully saturated rings. The van der Waals surface area contributed by atoms with E-state index in [0.717, 1.165) is 0 Å². The van der Waals surface area contributed by atoms with Crippen molar-refractivity contribution in [3.8, 4) is 0 Å². The Labute approximate surface area is 139 Å². The molecule has 2 heterocycles. The number of esters is 1. The second kappa shape index (κ2) is 6.11. The Morgan fingerprint density at radius 2 is 1.96 bits per heavy atom. The maximum Gasteiger partial charge on any atom is 0.309 e. The van der Waals surface area contributed by atoms with E-state index in [1.807, 2.05) is 0 Å². The molecule has 2 aliphatic rings. The normalized spacial score (nSPS) is 32.3. The van der Waals surface area contributed by atoms with E-state index in [-0.39, 0.29) is 30.1 Å². The van der Waals surface area contributed by atoms with Gasteiger partial charge in [0.05, 0.1) is 13.0 Å². The molecule has 1 N–H and O–H groups in total. The molecule has 0 bridgehead atoms. The lowest BCUT2D eigenvalue weighted by Crippen LogP contribution is -2.53. The average Bonchev–Trinajstić information content (AvgIpc) is 2.67. The molecule has 3 unspecified atom stereocenters. The van der Waals surface area contributed by atoms with Crippen molar-refractivity contribution in [3.05, 3.63) is 0 Å². The number of aliphatic hydroxyl groups excluding tert-OH is 1. The molecule has 0 aromatic rings. The van der Waals surface area contributed by atoms with Gasteiger partial charge in [-0.15, -0.1) is 0 Å². The minimum Gasteiger partial charge on any atom is -0.457 e. The summed E-state index contributed by atoms with van der Waals surface area (Å²) in [6.45, 7) is 14.4. The Hall–Kier alpha value is -0.473. The summed E-state index contributed by atoms with van der Waals surface area (Å²) in [5.41, 5.74) is 0. The summed E-state index contributed by atoms with van der Waals surface area (Å²) in [4.78, 5) is 11.8. The van der Waals surface area contributed by atoms with Crippen molar-refractivity contribution < 1.29 is 28.5 Å². The Balaban J connectivity index is 2.03. The molecule has 0 aromatic carbocycles. The quantitative estimate of drug-likeness (QED) is 0.621. The number of ether oxygens (including phenoxy) is 3. The number of fused-ring (bicyclic) bond motifs is 1. The first kappa shape index (κ1) is 18.9. The highest BCUT2D eigenvalue weighted by molar-refractivity contribution is 6.74. The molecule has 134 valence electrons. The largest absolute Gasteiger partial charge is 0.457 e. The second-order valence-corrected chi connectivity index (χ2v) is 13.2. The van der Waals surface area contributed by atoms with E-state index < -0.39 is 32.4 Å². The van der Waals surface area contributed by atoms with E-state index in [9.17, 15) is 9.90 Å². The summed E-state index contributed by atoms with van der Waals surface area (Å²) in [5.74, 6) is -1.15. The van der Waals surface area contributed by atoms with Crippen LogP contribution in [0.5, 0.6) is 0 Å². The van der Waals surface area contributed by atoms with Gasteiger partial charge in [0, 0.05) is 0 Å². The first-order valence-corrected chi connectivity index (χ1v) is 11.1. The highest BCUT2D eigenvalue weighted by Gasteiger charge is 2.52. The van der Waals surface area contributed by atoms with Gasteiger partial charge in [-0.05, 0) is 32.0 Å². The molecule has 2 rings (SSSR count). The predicted molar refractivity (Wildman–Crippen MR) is 87.5 cm³/mol. The Kier molecular flexibility index (Phi) is 5.01. The lowest BCUT2D eigenvalue weighted by molar-refractivity contribution is -0.185. The van der Waals surface area contributed by atoms with Crippen LogP contribution in [-0.2, 0) is 23.4 Å². The average molecular weight is 346 g/mol. The zero-order valence-corrected chi connectivity index (χ0v) is 16.2. The number of aliphatic hydroxyl groups is 1. The van der Waals surface area contributed by atoms with Crippen LogP contribution in [0.15, 0.2) is 0 Å². The van der Waals surface area contributed by atoms with Crippen LogP contribution >= 0.6 is 0 Å². The van der Waals surface area contributed by atoms with Crippen molar-refractivity contribution >= 4 is 14.3 Å². The standard InChI is InChI=1S/C16H30O6Si/c1-15(2,3)23(6,7)19-9-10(17)13-14-11(8-12(18)20-13)21-16(4,5)22-14/h10-11,13-14,17H,8-9H2,1-7H3/t10?,11?,13-,14?/m1/s1. The highest BCUT2D eigenvalue weighted by Crippen LogP contribution is 2.38. The van der Waals surface area contributed by atoms with Gasteiger partial charge in [0.25, 0.3) is 0 Å². The summed E-state index contributed by atoms with van der Waals surface area (Å²) in [7, 11) is -1.98.